The van der Waals surface area contributed by atoms with Gasteiger partial charge in [0.05, 0.1) is 16.7 Å². The van der Waals surface area contributed by atoms with E-state index < -0.39 is 5.41 Å². The van der Waals surface area contributed by atoms with Gasteiger partial charge in [-0.3, -0.25) is 0 Å². The van der Waals surface area contributed by atoms with Crippen molar-refractivity contribution in [3.05, 3.63) is 209 Å². The van der Waals surface area contributed by atoms with Crippen molar-refractivity contribution >= 4 is 39.3 Å². The molecule has 2 aliphatic rings. The molecule has 0 saturated carbocycles. The highest BCUT2D eigenvalue weighted by Gasteiger charge is 2.52. The molecule has 1 spiro atoms. The predicted molar refractivity (Wildman–Crippen MR) is 209 cm³/mol. The number of nitrogens with two attached hydrogens (primary N) is 1. The molecule has 0 unspecified atom stereocenters. The fourth-order valence-corrected chi connectivity index (χ4v) is 8.37. The molecule has 4 heteroatoms. The zero-order chi connectivity index (χ0) is 34.1. The van der Waals surface area contributed by atoms with Gasteiger partial charge in [0.15, 0.2) is 5.84 Å². The highest BCUT2D eigenvalue weighted by Crippen LogP contribution is 2.64. The Labute approximate surface area is 295 Å². The van der Waals surface area contributed by atoms with Crippen LogP contribution in [0.5, 0.6) is 0 Å². The summed E-state index contributed by atoms with van der Waals surface area (Å²) >= 11 is 0. The Morgan fingerprint density at radius 1 is 0.490 bits per heavy atom. The minimum absolute atomic E-state index is 0.315. The molecule has 240 valence electrons. The molecule has 0 atom stereocenters. The number of hydrogen-bond acceptors (Lipinski definition) is 2. The van der Waals surface area contributed by atoms with Crippen molar-refractivity contribution < 1.29 is 4.42 Å². The summed E-state index contributed by atoms with van der Waals surface area (Å²) in [5.41, 5.74) is 21.0. The summed E-state index contributed by atoms with van der Waals surface area (Å²) in [5.74, 6) is 0.792. The normalized spacial score (nSPS) is 14.0. The van der Waals surface area contributed by atoms with Gasteiger partial charge in [-0.25, -0.2) is 9.98 Å². The van der Waals surface area contributed by atoms with Crippen molar-refractivity contribution in [2.75, 3.05) is 0 Å². The third-order valence-corrected chi connectivity index (χ3v) is 10.5. The molecule has 51 heavy (non-hydrogen) atoms. The smallest absolute Gasteiger partial charge is 0.162 e. The molecule has 0 bridgehead atoms. The molecule has 2 aliphatic carbocycles. The van der Waals surface area contributed by atoms with Crippen LogP contribution < -0.4 is 5.73 Å². The molecular weight excluding hydrogens is 623 g/mol. The van der Waals surface area contributed by atoms with E-state index in [0.29, 0.717) is 28.5 Å². The number of furan rings is 1. The van der Waals surface area contributed by atoms with E-state index in [9.17, 15) is 0 Å². The molecule has 8 aromatic rings. The van der Waals surface area contributed by atoms with Gasteiger partial charge in [0.1, 0.15) is 17.0 Å². The Morgan fingerprint density at radius 3 is 1.71 bits per heavy atom. The summed E-state index contributed by atoms with van der Waals surface area (Å²) < 4.78 is 7.00. The molecule has 0 saturated heterocycles. The third-order valence-electron chi connectivity index (χ3n) is 10.5. The average molecular weight is 654 g/mol. The van der Waals surface area contributed by atoms with Gasteiger partial charge >= 0.3 is 0 Å². The van der Waals surface area contributed by atoms with Crippen LogP contribution in [0.3, 0.4) is 0 Å². The zero-order valence-corrected chi connectivity index (χ0v) is 27.7. The van der Waals surface area contributed by atoms with Gasteiger partial charge in [-0.2, -0.15) is 0 Å². The van der Waals surface area contributed by atoms with Crippen LogP contribution in [0.25, 0.3) is 49.9 Å². The maximum Gasteiger partial charge on any atom is 0.162 e. The standard InChI is InChI=1S/C47H31N3O/c1-29(30-15-4-2-5-16-30)49-46(31-17-6-3-7-18-31)50-45(48)37-23-14-22-34-35-27-28-41-42(44(35)51-43(34)37)36-21-10-13-26-40(36)47(41)38-24-11-8-19-32(38)33-20-9-12-25-39(33)47/h2-28H,1H2,(H2,48,49,50). The lowest BCUT2D eigenvalue weighted by molar-refractivity contribution is 0.668. The summed E-state index contributed by atoms with van der Waals surface area (Å²) in [5, 5.41) is 2.03. The van der Waals surface area contributed by atoms with E-state index in [4.69, 9.17) is 20.1 Å². The molecule has 1 heterocycles. The van der Waals surface area contributed by atoms with Crippen molar-refractivity contribution in [2.24, 2.45) is 15.7 Å². The highest BCUT2D eigenvalue weighted by atomic mass is 16.3. The number of nitrogens with zero attached hydrogens (tertiary/aromatic N) is 2. The Balaban J connectivity index is 1.19. The highest BCUT2D eigenvalue weighted by molar-refractivity contribution is 6.20. The molecule has 4 nitrogen and oxygen atoms in total. The van der Waals surface area contributed by atoms with Crippen molar-refractivity contribution in [3.63, 3.8) is 0 Å². The number of rotatable bonds is 4. The first-order valence-corrected chi connectivity index (χ1v) is 17.2. The zero-order valence-electron chi connectivity index (χ0n) is 27.7. The molecule has 2 N–H and O–H groups in total. The Hall–Kier alpha value is -6.78. The maximum atomic E-state index is 7.00. The van der Waals surface area contributed by atoms with Gasteiger partial charge in [0, 0.05) is 21.9 Å². The number of fused-ring (bicyclic) bond motifs is 14. The fourth-order valence-electron chi connectivity index (χ4n) is 8.37. The second-order valence-electron chi connectivity index (χ2n) is 13.1. The minimum Gasteiger partial charge on any atom is -0.455 e. The quantitative estimate of drug-likeness (QED) is 0.152. The van der Waals surface area contributed by atoms with Crippen LogP contribution in [-0.4, -0.2) is 11.7 Å². The monoisotopic (exact) mass is 653 g/mol. The number of benzene rings is 7. The summed E-state index contributed by atoms with van der Waals surface area (Å²) in [6, 6.07) is 56.8. The van der Waals surface area contributed by atoms with Crippen LogP contribution in [0.1, 0.15) is 38.9 Å². The van der Waals surface area contributed by atoms with Gasteiger partial charge in [-0.05, 0) is 50.6 Å². The van der Waals surface area contributed by atoms with Crippen LogP contribution in [0, 0.1) is 0 Å². The third kappa shape index (κ3) is 4.14. The molecule has 0 radical (unpaired) electrons. The van der Waals surface area contributed by atoms with Crippen LogP contribution >= 0.6 is 0 Å². The lowest BCUT2D eigenvalue weighted by atomic mass is 9.70. The predicted octanol–water partition coefficient (Wildman–Crippen LogP) is 10.8. The summed E-state index contributed by atoms with van der Waals surface area (Å²) in [4.78, 5) is 9.82. The number of amidine groups is 2. The van der Waals surface area contributed by atoms with Crippen molar-refractivity contribution in [1.82, 2.24) is 0 Å². The Morgan fingerprint density at radius 2 is 1.04 bits per heavy atom. The van der Waals surface area contributed by atoms with E-state index >= 15 is 0 Å². The molecule has 1 aromatic heterocycles. The number of hydrogen-bond donors (Lipinski definition) is 1. The minimum atomic E-state index is -0.447. The average Bonchev–Trinajstić information content (AvgIpc) is 3.82. The van der Waals surface area contributed by atoms with Gasteiger partial charge in [-0.1, -0.05) is 164 Å². The first-order chi connectivity index (χ1) is 25.1. The van der Waals surface area contributed by atoms with Gasteiger partial charge in [-0.15, -0.1) is 0 Å². The summed E-state index contributed by atoms with van der Waals surface area (Å²) in [7, 11) is 0. The van der Waals surface area contributed by atoms with E-state index in [1.807, 2.05) is 72.8 Å². The van der Waals surface area contributed by atoms with E-state index in [1.165, 1.54) is 38.9 Å². The molecule has 0 aliphatic heterocycles. The van der Waals surface area contributed by atoms with E-state index in [2.05, 4.69) is 97.6 Å². The molecular formula is C47H31N3O. The van der Waals surface area contributed by atoms with Crippen LogP contribution in [0.2, 0.25) is 0 Å². The van der Waals surface area contributed by atoms with E-state index in [-0.39, 0.29) is 0 Å². The van der Waals surface area contributed by atoms with Crippen LogP contribution in [0.15, 0.2) is 185 Å². The fraction of sp³-hybridized carbons (Fsp3) is 0.0213. The van der Waals surface area contributed by atoms with Crippen molar-refractivity contribution in [2.45, 2.75) is 5.41 Å². The Kier molecular flexibility index (Phi) is 6.36. The maximum absolute atomic E-state index is 7.00. The second-order valence-corrected chi connectivity index (χ2v) is 13.1. The van der Waals surface area contributed by atoms with Gasteiger partial charge in [0.2, 0.25) is 0 Å². The summed E-state index contributed by atoms with van der Waals surface area (Å²) in [6.07, 6.45) is 0. The molecule has 10 rings (SSSR count). The largest absolute Gasteiger partial charge is 0.455 e. The van der Waals surface area contributed by atoms with Crippen LogP contribution in [0.4, 0.5) is 0 Å². The molecule has 7 aromatic carbocycles. The van der Waals surface area contributed by atoms with Gasteiger partial charge < -0.3 is 10.2 Å². The second kappa shape index (κ2) is 11.1. The molecule has 0 amide bonds. The summed E-state index contributed by atoms with van der Waals surface area (Å²) in [6.45, 7) is 4.24. The number of para-hydroxylation sites is 1. The Bertz CT molecular complexity index is 2730. The topological polar surface area (TPSA) is 63.9 Å². The molecule has 0 fully saturated rings. The SMILES string of the molecule is C=C(N=C(N=C(N)c1cccc2c1oc1c3c(ccc12)C1(c2ccccc2-c2ccccc21)c1ccccc1-3)c1ccccc1)c1ccccc1. The first kappa shape index (κ1) is 29.2. The van der Waals surface area contributed by atoms with Crippen molar-refractivity contribution in [3.8, 4) is 22.3 Å². The van der Waals surface area contributed by atoms with Gasteiger partial charge in [0.25, 0.3) is 0 Å². The van der Waals surface area contributed by atoms with Crippen LogP contribution in [-0.2, 0) is 5.41 Å². The van der Waals surface area contributed by atoms with Crippen molar-refractivity contribution in [1.29, 1.82) is 0 Å². The lowest BCUT2D eigenvalue weighted by Gasteiger charge is -2.30. The van der Waals surface area contributed by atoms with E-state index in [1.54, 1.807) is 0 Å². The lowest BCUT2D eigenvalue weighted by Crippen LogP contribution is -2.25. The number of aliphatic imine (C=N–C) groups is 2. The first-order valence-electron chi connectivity index (χ1n) is 17.2. The van der Waals surface area contributed by atoms with E-state index in [0.717, 1.165) is 33.0 Å².